The lowest BCUT2D eigenvalue weighted by molar-refractivity contribution is 0.307. The monoisotopic (exact) mass is 335 g/mol. The van der Waals surface area contributed by atoms with Crippen LogP contribution in [-0.4, -0.2) is 40.2 Å². The van der Waals surface area contributed by atoms with Gasteiger partial charge in [-0.1, -0.05) is 11.6 Å². The van der Waals surface area contributed by atoms with Gasteiger partial charge in [-0.25, -0.2) is 8.42 Å². The lowest BCUT2D eigenvalue weighted by atomic mass is 10.2. The summed E-state index contributed by atoms with van der Waals surface area (Å²) in [5, 5.41) is 3.14. The quantitative estimate of drug-likeness (QED) is 0.789. The second kappa shape index (κ2) is 7.87. The fourth-order valence-electron chi connectivity index (χ4n) is 1.76. The lowest BCUT2D eigenvalue weighted by Crippen LogP contribution is -2.22. The van der Waals surface area contributed by atoms with Crippen LogP contribution in [0.1, 0.15) is 19.4 Å². The minimum Gasteiger partial charge on any atom is -0.493 e. The van der Waals surface area contributed by atoms with Crippen LogP contribution in [0.2, 0.25) is 5.02 Å². The average molecular weight is 336 g/mol. The van der Waals surface area contributed by atoms with Crippen LogP contribution in [-0.2, 0) is 16.4 Å². The molecule has 0 amide bonds. The van der Waals surface area contributed by atoms with Crippen molar-refractivity contribution in [1.29, 1.82) is 0 Å². The van der Waals surface area contributed by atoms with Crippen LogP contribution in [0.25, 0.3) is 0 Å². The van der Waals surface area contributed by atoms with Crippen molar-refractivity contribution in [3.8, 4) is 11.5 Å². The number of nitrogens with one attached hydrogen (secondary N) is 1. The highest BCUT2D eigenvalue weighted by atomic mass is 35.5. The number of hydrogen-bond acceptors (Lipinski definition) is 5. The minimum absolute atomic E-state index is 0.0323. The molecular formula is C14H22ClNO4S. The highest BCUT2D eigenvalue weighted by Crippen LogP contribution is 2.34. The van der Waals surface area contributed by atoms with Gasteiger partial charge in [0.05, 0.1) is 18.1 Å². The van der Waals surface area contributed by atoms with Crippen molar-refractivity contribution in [1.82, 2.24) is 5.32 Å². The number of methoxy groups -OCH3 is 1. The summed E-state index contributed by atoms with van der Waals surface area (Å²) in [6.45, 7) is 3.94. The Morgan fingerprint density at radius 2 is 2.00 bits per heavy atom. The predicted octanol–water partition coefficient (Wildman–Crippen LogP) is 2.27. The second-order valence-electron chi connectivity index (χ2n) is 4.89. The van der Waals surface area contributed by atoms with Gasteiger partial charge in [-0.3, -0.25) is 0 Å². The first-order valence-electron chi connectivity index (χ1n) is 6.67. The molecule has 1 aromatic carbocycles. The first kappa shape index (κ1) is 18.1. The van der Waals surface area contributed by atoms with Crippen molar-refractivity contribution in [2.24, 2.45) is 0 Å². The van der Waals surface area contributed by atoms with Crippen molar-refractivity contribution < 1.29 is 17.9 Å². The summed E-state index contributed by atoms with van der Waals surface area (Å²) in [5.74, 6) is 0.986. The third-order valence-corrected chi connectivity index (χ3v) is 5.41. The molecule has 7 heteroatoms. The Hall–Kier alpha value is -0.980. The molecule has 0 saturated heterocycles. The van der Waals surface area contributed by atoms with E-state index in [1.165, 1.54) is 7.11 Å². The second-order valence-corrected chi connectivity index (χ2v) is 8.00. The van der Waals surface area contributed by atoms with Crippen LogP contribution < -0.4 is 14.8 Å². The molecule has 21 heavy (non-hydrogen) atoms. The molecule has 0 fully saturated rings. The average Bonchev–Trinajstić information content (AvgIpc) is 2.40. The molecular weight excluding hydrogens is 314 g/mol. The third kappa shape index (κ3) is 5.05. The standard InChI is InChI=1S/C14H22ClNO4S/c1-10(2)21(17,18)6-5-20-14-11(9-16-3)7-12(15)8-13(14)19-4/h7-8,10,16H,5-6,9H2,1-4H3. The molecule has 0 saturated carbocycles. The van der Waals surface area contributed by atoms with Crippen molar-refractivity contribution in [3.05, 3.63) is 22.7 Å². The molecule has 0 aliphatic carbocycles. The van der Waals surface area contributed by atoms with E-state index in [4.69, 9.17) is 21.1 Å². The molecule has 0 aliphatic heterocycles. The Morgan fingerprint density at radius 1 is 1.33 bits per heavy atom. The van der Waals surface area contributed by atoms with Crippen LogP contribution >= 0.6 is 11.6 Å². The predicted molar refractivity (Wildman–Crippen MR) is 85.2 cm³/mol. The van der Waals surface area contributed by atoms with E-state index >= 15 is 0 Å². The van der Waals surface area contributed by atoms with Crippen molar-refractivity contribution in [2.75, 3.05) is 26.5 Å². The Morgan fingerprint density at radius 3 is 2.52 bits per heavy atom. The summed E-state index contributed by atoms with van der Waals surface area (Å²) >= 11 is 6.03. The first-order valence-corrected chi connectivity index (χ1v) is 8.76. The zero-order valence-electron chi connectivity index (χ0n) is 12.8. The Balaban J connectivity index is 2.91. The molecule has 1 aromatic rings. The Labute approximate surface area is 131 Å². The largest absolute Gasteiger partial charge is 0.493 e. The number of ether oxygens (including phenoxy) is 2. The Kier molecular flexibility index (Phi) is 6.77. The third-order valence-electron chi connectivity index (χ3n) is 3.02. The van der Waals surface area contributed by atoms with Crippen LogP contribution in [0.15, 0.2) is 12.1 Å². The summed E-state index contributed by atoms with van der Waals surface area (Å²) in [5.41, 5.74) is 0.823. The van der Waals surface area contributed by atoms with Gasteiger partial charge in [0.1, 0.15) is 6.61 Å². The molecule has 0 unspecified atom stereocenters. The molecule has 0 radical (unpaired) electrons. The molecule has 1 N–H and O–H groups in total. The number of sulfone groups is 1. The smallest absolute Gasteiger partial charge is 0.165 e. The molecule has 0 aromatic heterocycles. The molecule has 1 rings (SSSR count). The van der Waals surface area contributed by atoms with Gasteiger partial charge in [-0.05, 0) is 27.0 Å². The van der Waals surface area contributed by atoms with E-state index < -0.39 is 15.1 Å². The molecule has 0 bridgehead atoms. The zero-order valence-corrected chi connectivity index (χ0v) is 14.3. The van der Waals surface area contributed by atoms with Gasteiger partial charge in [0, 0.05) is 23.2 Å². The van der Waals surface area contributed by atoms with Gasteiger partial charge in [0.25, 0.3) is 0 Å². The highest BCUT2D eigenvalue weighted by molar-refractivity contribution is 7.91. The van der Waals surface area contributed by atoms with E-state index in [2.05, 4.69) is 5.32 Å². The normalized spacial score (nSPS) is 11.7. The van der Waals surface area contributed by atoms with Crippen LogP contribution in [0.3, 0.4) is 0 Å². The summed E-state index contributed by atoms with van der Waals surface area (Å²) < 4.78 is 34.5. The summed E-state index contributed by atoms with van der Waals surface area (Å²) in [6.07, 6.45) is 0. The number of benzene rings is 1. The SMILES string of the molecule is CNCc1cc(Cl)cc(OC)c1OCCS(=O)(=O)C(C)C. The molecule has 0 atom stereocenters. The van der Waals surface area contributed by atoms with Gasteiger partial charge >= 0.3 is 0 Å². The Bertz CT molecular complexity index is 573. The fraction of sp³-hybridized carbons (Fsp3) is 0.571. The maximum absolute atomic E-state index is 11.8. The zero-order chi connectivity index (χ0) is 16.0. The van der Waals surface area contributed by atoms with Gasteiger partial charge < -0.3 is 14.8 Å². The lowest BCUT2D eigenvalue weighted by Gasteiger charge is -2.16. The van der Waals surface area contributed by atoms with Crippen molar-refractivity contribution in [3.63, 3.8) is 0 Å². The van der Waals surface area contributed by atoms with E-state index in [0.29, 0.717) is 23.1 Å². The maximum atomic E-state index is 11.8. The summed E-state index contributed by atoms with van der Waals surface area (Å²) in [7, 11) is 0.198. The van der Waals surface area contributed by atoms with E-state index in [1.807, 2.05) is 0 Å². The molecule has 120 valence electrons. The van der Waals surface area contributed by atoms with Gasteiger partial charge in [0.15, 0.2) is 21.3 Å². The van der Waals surface area contributed by atoms with E-state index in [9.17, 15) is 8.42 Å². The molecule has 0 aliphatic rings. The van der Waals surface area contributed by atoms with E-state index in [0.717, 1.165) is 5.56 Å². The van der Waals surface area contributed by atoms with Crippen molar-refractivity contribution in [2.45, 2.75) is 25.6 Å². The first-order chi connectivity index (χ1) is 9.81. The minimum atomic E-state index is -3.13. The molecule has 0 heterocycles. The topological polar surface area (TPSA) is 64.6 Å². The van der Waals surface area contributed by atoms with Crippen molar-refractivity contribution >= 4 is 21.4 Å². The van der Waals surface area contributed by atoms with Gasteiger partial charge in [-0.2, -0.15) is 0 Å². The molecule has 5 nitrogen and oxygen atoms in total. The van der Waals surface area contributed by atoms with Gasteiger partial charge in [0.2, 0.25) is 0 Å². The van der Waals surface area contributed by atoms with E-state index in [1.54, 1.807) is 33.0 Å². The number of halogens is 1. The fourth-order valence-corrected chi connectivity index (χ4v) is 2.77. The number of rotatable bonds is 8. The van der Waals surface area contributed by atoms with Crippen LogP contribution in [0, 0.1) is 0 Å². The summed E-state index contributed by atoms with van der Waals surface area (Å²) in [4.78, 5) is 0. The maximum Gasteiger partial charge on any atom is 0.165 e. The highest BCUT2D eigenvalue weighted by Gasteiger charge is 2.18. The van der Waals surface area contributed by atoms with Gasteiger partial charge in [-0.15, -0.1) is 0 Å². The number of hydrogen-bond donors (Lipinski definition) is 1. The van der Waals surface area contributed by atoms with E-state index in [-0.39, 0.29) is 12.4 Å². The summed E-state index contributed by atoms with van der Waals surface area (Å²) in [6, 6.07) is 3.42. The van der Waals surface area contributed by atoms with Crippen LogP contribution in [0.5, 0.6) is 11.5 Å². The van der Waals surface area contributed by atoms with Crippen LogP contribution in [0.4, 0.5) is 0 Å². The molecule has 0 spiro atoms.